The van der Waals surface area contributed by atoms with Crippen molar-refractivity contribution < 1.29 is 19.8 Å². The number of rotatable bonds is 3. The minimum Gasteiger partial charge on any atom is -0.480 e. The summed E-state index contributed by atoms with van der Waals surface area (Å²) >= 11 is 0. The zero-order chi connectivity index (χ0) is 11.7. The molecule has 1 aromatic carbocycles. The van der Waals surface area contributed by atoms with Gasteiger partial charge in [0.2, 0.25) is 0 Å². The number of fused-ring (bicyclic) bond motifs is 1. The van der Waals surface area contributed by atoms with Gasteiger partial charge in [-0.3, -0.25) is 4.79 Å². The molecule has 0 amide bonds. The maximum Gasteiger partial charge on any atom is 0.335 e. The molecule has 0 saturated heterocycles. The van der Waals surface area contributed by atoms with Crippen molar-refractivity contribution in [2.75, 3.05) is 0 Å². The monoisotopic (exact) mass is 219 g/mol. The van der Waals surface area contributed by atoms with E-state index >= 15 is 0 Å². The summed E-state index contributed by atoms with van der Waals surface area (Å²) in [4.78, 5) is 21.2. The van der Waals surface area contributed by atoms with Crippen molar-refractivity contribution >= 4 is 22.7 Å². The van der Waals surface area contributed by atoms with Crippen LogP contribution in [0, 0.1) is 0 Å². The summed E-state index contributed by atoms with van der Waals surface area (Å²) in [7, 11) is 0. The van der Waals surface area contributed by atoms with Gasteiger partial charge >= 0.3 is 11.9 Å². The van der Waals surface area contributed by atoms with E-state index in [2.05, 4.69) is 0 Å². The van der Waals surface area contributed by atoms with Crippen molar-refractivity contribution in [3.8, 4) is 0 Å². The maximum absolute atomic E-state index is 10.7. The van der Waals surface area contributed by atoms with Gasteiger partial charge in [-0.1, -0.05) is 6.07 Å². The van der Waals surface area contributed by atoms with Crippen LogP contribution in [0.25, 0.3) is 10.8 Å². The van der Waals surface area contributed by atoms with Crippen molar-refractivity contribution in [1.82, 2.24) is 4.57 Å². The molecule has 5 nitrogen and oxygen atoms in total. The van der Waals surface area contributed by atoms with Crippen LogP contribution in [-0.2, 0) is 11.3 Å². The Labute approximate surface area is 90.5 Å². The lowest BCUT2D eigenvalue weighted by atomic mass is 10.1. The minimum absolute atomic E-state index is 0.128. The number of hydrogen-bond donors (Lipinski definition) is 2. The van der Waals surface area contributed by atoms with Gasteiger partial charge in [0.1, 0.15) is 6.54 Å². The van der Waals surface area contributed by atoms with Crippen LogP contribution in [0.1, 0.15) is 10.4 Å². The van der Waals surface area contributed by atoms with E-state index in [9.17, 15) is 9.59 Å². The SMILES string of the molecule is O=C(O)Cn1cc2ccc(C(=O)O)cc2c1. The molecule has 0 bridgehead atoms. The van der Waals surface area contributed by atoms with E-state index in [0.717, 1.165) is 10.8 Å². The molecule has 16 heavy (non-hydrogen) atoms. The van der Waals surface area contributed by atoms with Gasteiger partial charge in [-0.05, 0) is 17.5 Å². The third-order valence-corrected chi connectivity index (χ3v) is 2.26. The predicted octanol–water partition coefficient (Wildman–Crippen LogP) is 1.42. The van der Waals surface area contributed by atoms with E-state index in [0.29, 0.717) is 0 Å². The van der Waals surface area contributed by atoms with Gasteiger partial charge in [-0.2, -0.15) is 0 Å². The summed E-state index contributed by atoms with van der Waals surface area (Å²) < 4.78 is 1.51. The fourth-order valence-corrected chi connectivity index (χ4v) is 1.58. The molecule has 0 spiro atoms. The second-order valence-corrected chi connectivity index (χ2v) is 3.47. The number of nitrogens with zero attached hydrogens (tertiary/aromatic N) is 1. The number of carboxylic acids is 2. The Morgan fingerprint density at radius 2 is 1.81 bits per heavy atom. The molecule has 2 rings (SSSR count). The third-order valence-electron chi connectivity index (χ3n) is 2.26. The van der Waals surface area contributed by atoms with Crippen LogP contribution in [0.3, 0.4) is 0 Å². The Balaban J connectivity index is 2.45. The number of hydrogen-bond acceptors (Lipinski definition) is 2. The van der Waals surface area contributed by atoms with Crippen molar-refractivity contribution in [3.05, 3.63) is 36.2 Å². The zero-order valence-corrected chi connectivity index (χ0v) is 8.25. The van der Waals surface area contributed by atoms with Gasteiger partial charge in [0.05, 0.1) is 5.56 Å². The molecule has 1 heterocycles. The number of carbonyl (C=O) groups is 2. The predicted molar refractivity (Wildman–Crippen MR) is 56.5 cm³/mol. The standard InChI is InChI=1S/C11H9NO4/c13-10(14)6-12-4-8-2-1-7(11(15)16)3-9(8)5-12/h1-5H,6H2,(H,13,14)(H,15,16). The number of benzene rings is 1. The Hall–Kier alpha value is -2.30. The first-order valence-corrected chi connectivity index (χ1v) is 4.61. The van der Waals surface area contributed by atoms with Crippen molar-refractivity contribution in [1.29, 1.82) is 0 Å². The lowest BCUT2D eigenvalue weighted by Gasteiger charge is -1.93. The molecule has 0 aliphatic carbocycles. The highest BCUT2D eigenvalue weighted by atomic mass is 16.4. The normalized spacial score (nSPS) is 10.5. The molecule has 0 saturated carbocycles. The topological polar surface area (TPSA) is 79.5 Å². The first-order chi connectivity index (χ1) is 7.56. The second-order valence-electron chi connectivity index (χ2n) is 3.47. The molecule has 0 unspecified atom stereocenters. The van der Waals surface area contributed by atoms with Gasteiger partial charge in [0.25, 0.3) is 0 Å². The molecule has 2 N–H and O–H groups in total. The van der Waals surface area contributed by atoms with E-state index in [1.807, 2.05) is 0 Å². The van der Waals surface area contributed by atoms with Gasteiger partial charge < -0.3 is 14.8 Å². The molecule has 0 aliphatic heterocycles. The van der Waals surface area contributed by atoms with Crippen LogP contribution in [0.5, 0.6) is 0 Å². The third kappa shape index (κ3) is 1.88. The summed E-state index contributed by atoms with van der Waals surface area (Å²) in [5.41, 5.74) is 0.195. The van der Waals surface area contributed by atoms with Gasteiger partial charge in [-0.15, -0.1) is 0 Å². The highest BCUT2D eigenvalue weighted by molar-refractivity contribution is 5.94. The summed E-state index contributed by atoms with van der Waals surface area (Å²) in [5.74, 6) is -1.92. The maximum atomic E-state index is 10.7. The number of aromatic nitrogens is 1. The summed E-state index contributed by atoms with van der Waals surface area (Å²) in [5, 5.41) is 19.0. The molecule has 2 aromatic rings. The number of aromatic carboxylic acids is 1. The Kier molecular flexibility index (Phi) is 2.36. The highest BCUT2D eigenvalue weighted by Gasteiger charge is 2.06. The van der Waals surface area contributed by atoms with Gasteiger partial charge in [-0.25, -0.2) is 4.79 Å². The molecular formula is C11H9NO4. The van der Waals surface area contributed by atoms with E-state index in [1.165, 1.54) is 16.7 Å². The molecule has 1 aromatic heterocycles. The number of carboxylic acid groups (broad SMARTS) is 2. The van der Waals surface area contributed by atoms with Gasteiger partial charge in [0.15, 0.2) is 0 Å². The average molecular weight is 219 g/mol. The number of aliphatic carboxylic acids is 1. The largest absolute Gasteiger partial charge is 0.480 e. The van der Waals surface area contributed by atoms with Crippen molar-refractivity contribution in [2.45, 2.75) is 6.54 Å². The van der Waals surface area contributed by atoms with Crippen LogP contribution >= 0.6 is 0 Å². The molecule has 0 fully saturated rings. The fourth-order valence-electron chi connectivity index (χ4n) is 1.58. The van der Waals surface area contributed by atoms with Crippen molar-refractivity contribution in [3.63, 3.8) is 0 Å². The Bertz CT molecular complexity index is 570. The quantitative estimate of drug-likeness (QED) is 0.818. The first-order valence-electron chi connectivity index (χ1n) is 4.61. The lowest BCUT2D eigenvalue weighted by molar-refractivity contribution is -0.137. The molecule has 5 heteroatoms. The fraction of sp³-hybridized carbons (Fsp3) is 0.0909. The van der Waals surface area contributed by atoms with Crippen LogP contribution in [0.4, 0.5) is 0 Å². The van der Waals surface area contributed by atoms with E-state index in [1.54, 1.807) is 18.5 Å². The zero-order valence-electron chi connectivity index (χ0n) is 8.25. The molecule has 0 aliphatic rings. The minimum atomic E-state index is -0.993. The van der Waals surface area contributed by atoms with Crippen LogP contribution in [0.15, 0.2) is 30.6 Å². The lowest BCUT2D eigenvalue weighted by Crippen LogP contribution is -2.05. The first kappa shape index (κ1) is 10.2. The van der Waals surface area contributed by atoms with E-state index in [-0.39, 0.29) is 12.1 Å². The molecular weight excluding hydrogens is 210 g/mol. The van der Waals surface area contributed by atoms with Crippen molar-refractivity contribution in [2.24, 2.45) is 0 Å². The Morgan fingerprint density at radius 3 is 2.44 bits per heavy atom. The van der Waals surface area contributed by atoms with Crippen LogP contribution in [-0.4, -0.2) is 26.7 Å². The Morgan fingerprint density at radius 1 is 1.12 bits per heavy atom. The molecule has 0 radical (unpaired) electrons. The summed E-state index contributed by atoms with van der Waals surface area (Å²) in [6, 6.07) is 4.68. The molecule has 0 atom stereocenters. The summed E-state index contributed by atoms with van der Waals surface area (Å²) in [6.45, 7) is -0.128. The van der Waals surface area contributed by atoms with Crippen LogP contribution < -0.4 is 0 Å². The molecule has 82 valence electrons. The van der Waals surface area contributed by atoms with Gasteiger partial charge in [0, 0.05) is 17.8 Å². The highest BCUT2D eigenvalue weighted by Crippen LogP contribution is 2.17. The van der Waals surface area contributed by atoms with E-state index < -0.39 is 11.9 Å². The summed E-state index contributed by atoms with van der Waals surface area (Å²) in [6.07, 6.45) is 3.30. The smallest absolute Gasteiger partial charge is 0.335 e. The van der Waals surface area contributed by atoms with E-state index in [4.69, 9.17) is 10.2 Å². The average Bonchev–Trinajstić information content (AvgIpc) is 2.56. The van der Waals surface area contributed by atoms with Crippen LogP contribution in [0.2, 0.25) is 0 Å². The second kappa shape index (κ2) is 3.69.